The molecule has 3 heteroatoms. The van der Waals surface area contributed by atoms with Crippen molar-refractivity contribution in [3.8, 4) is 0 Å². The molecule has 1 saturated carbocycles. The lowest BCUT2D eigenvalue weighted by Crippen LogP contribution is -2.37. The average molecular weight is 177 g/mol. The van der Waals surface area contributed by atoms with Crippen LogP contribution in [0.4, 0.5) is 11.5 Å². The first-order valence-electron chi connectivity index (χ1n) is 4.72. The van der Waals surface area contributed by atoms with Crippen molar-refractivity contribution >= 4 is 11.5 Å². The Labute approximate surface area is 78.6 Å². The van der Waals surface area contributed by atoms with Gasteiger partial charge < -0.3 is 10.6 Å². The summed E-state index contributed by atoms with van der Waals surface area (Å²) in [7, 11) is 2.12. The number of rotatable bonds is 2. The number of hydrogen-bond donors (Lipinski definition) is 1. The van der Waals surface area contributed by atoms with Crippen molar-refractivity contribution in [3.63, 3.8) is 0 Å². The zero-order chi connectivity index (χ0) is 9.26. The van der Waals surface area contributed by atoms with Gasteiger partial charge in [-0.15, -0.1) is 0 Å². The second kappa shape index (κ2) is 3.24. The van der Waals surface area contributed by atoms with E-state index in [-0.39, 0.29) is 0 Å². The molecule has 0 amide bonds. The van der Waals surface area contributed by atoms with Gasteiger partial charge >= 0.3 is 0 Å². The molecule has 13 heavy (non-hydrogen) atoms. The highest BCUT2D eigenvalue weighted by Crippen LogP contribution is 2.28. The van der Waals surface area contributed by atoms with E-state index < -0.39 is 0 Å². The number of aromatic nitrogens is 1. The van der Waals surface area contributed by atoms with Crippen molar-refractivity contribution in [2.24, 2.45) is 0 Å². The number of pyridine rings is 1. The highest BCUT2D eigenvalue weighted by molar-refractivity contribution is 5.52. The predicted octanol–water partition coefficient (Wildman–Crippen LogP) is 1.65. The van der Waals surface area contributed by atoms with E-state index in [1.165, 1.54) is 24.9 Å². The molecule has 2 N–H and O–H groups in total. The van der Waals surface area contributed by atoms with Crippen LogP contribution in [0.2, 0.25) is 0 Å². The Kier molecular flexibility index (Phi) is 2.08. The van der Waals surface area contributed by atoms with Crippen molar-refractivity contribution in [2.75, 3.05) is 17.7 Å². The molecule has 0 atom stereocenters. The van der Waals surface area contributed by atoms with Crippen LogP contribution < -0.4 is 10.6 Å². The maximum absolute atomic E-state index is 5.62. The summed E-state index contributed by atoms with van der Waals surface area (Å²) in [5.74, 6) is 0.601. The summed E-state index contributed by atoms with van der Waals surface area (Å²) in [4.78, 5) is 6.27. The summed E-state index contributed by atoms with van der Waals surface area (Å²) in [5.41, 5.74) is 6.80. The number of anilines is 2. The average Bonchev–Trinajstić information content (AvgIpc) is 2.01. The van der Waals surface area contributed by atoms with Gasteiger partial charge in [0.1, 0.15) is 5.82 Å². The molecule has 0 radical (unpaired) electrons. The normalized spacial score (nSPS) is 16.7. The fourth-order valence-corrected chi connectivity index (χ4v) is 1.64. The van der Waals surface area contributed by atoms with Crippen molar-refractivity contribution in [1.29, 1.82) is 0 Å². The fourth-order valence-electron chi connectivity index (χ4n) is 1.64. The van der Waals surface area contributed by atoms with Gasteiger partial charge in [0, 0.05) is 31.0 Å². The second-order valence-electron chi connectivity index (χ2n) is 3.63. The molecule has 3 nitrogen and oxygen atoms in total. The van der Waals surface area contributed by atoms with E-state index in [0.29, 0.717) is 11.9 Å². The maximum atomic E-state index is 5.62. The van der Waals surface area contributed by atoms with E-state index >= 15 is 0 Å². The SMILES string of the molecule is CN(c1ccnc(N)c1)C1CCC1. The van der Waals surface area contributed by atoms with Crippen molar-refractivity contribution in [2.45, 2.75) is 25.3 Å². The Morgan fingerprint density at radius 3 is 2.85 bits per heavy atom. The molecule has 1 aromatic heterocycles. The van der Waals surface area contributed by atoms with Crippen LogP contribution in [0.1, 0.15) is 19.3 Å². The minimum absolute atomic E-state index is 0.601. The van der Waals surface area contributed by atoms with Crippen LogP contribution in [0.25, 0.3) is 0 Å². The van der Waals surface area contributed by atoms with Crippen molar-refractivity contribution in [1.82, 2.24) is 4.98 Å². The first-order chi connectivity index (χ1) is 6.27. The highest BCUT2D eigenvalue weighted by Gasteiger charge is 2.22. The lowest BCUT2D eigenvalue weighted by molar-refractivity contribution is 0.401. The van der Waals surface area contributed by atoms with Crippen molar-refractivity contribution in [3.05, 3.63) is 18.3 Å². The van der Waals surface area contributed by atoms with E-state index in [4.69, 9.17) is 5.73 Å². The summed E-state index contributed by atoms with van der Waals surface area (Å²) in [6, 6.07) is 4.65. The van der Waals surface area contributed by atoms with Gasteiger partial charge in [0.05, 0.1) is 0 Å². The van der Waals surface area contributed by atoms with Gasteiger partial charge in [-0.25, -0.2) is 4.98 Å². The summed E-state index contributed by atoms with van der Waals surface area (Å²) in [6.45, 7) is 0. The summed E-state index contributed by atoms with van der Waals surface area (Å²) in [6.07, 6.45) is 5.73. The molecule has 1 heterocycles. The van der Waals surface area contributed by atoms with Gasteiger partial charge in [0.15, 0.2) is 0 Å². The van der Waals surface area contributed by atoms with Gasteiger partial charge in [-0.05, 0) is 25.3 Å². The summed E-state index contributed by atoms with van der Waals surface area (Å²) < 4.78 is 0. The minimum atomic E-state index is 0.601. The Balaban J connectivity index is 2.14. The lowest BCUT2D eigenvalue weighted by atomic mass is 9.91. The van der Waals surface area contributed by atoms with E-state index in [0.717, 1.165) is 0 Å². The molecule has 1 aliphatic rings. The van der Waals surface area contributed by atoms with Crippen LogP contribution in [-0.2, 0) is 0 Å². The highest BCUT2D eigenvalue weighted by atomic mass is 15.1. The Bertz CT molecular complexity index is 294. The van der Waals surface area contributed by atoms with Gasteiger partial charge in [-0.2, -0.15) is 0 Å². The molecule has 0 spiro atoms. The van der Waals surface area contributed by atoms with Gasteiger partial charge in [0.2, 0.25) is 0 Å². The molecule has 0 saturated heterocycles. The van der Waals surface area contributed by atoms with Crippen LogP contribution in [0.3, 0.4) is 0 Å². The van der Waals surface area contributed by atoms with Crippen molar-refractivity contribution < 1.29 is 0 Å². The van der Waals surface area contributed by atoms with E-state index in [1.807, 2.05) is 12.1 Å². The Hall–Kier alpha value is -1.25. The zero-order valence-corrected chi connectivity index (χ0v) is 7.90. The van der Waals surface area contributed by atoms with Gasteiger partial charge in [-0.1, -0.05) is 0 Å². The van der Waals surface area contributed by atoms with Crippen LogP contribution >= 0.6 is 0 Å². The summed E-state index contributed by atoms with van der Waals surface area (Å²) >= 11 is 0. The zero-order valence-electron chi connectivity index (χ0n) is 7.90. The third-order valence-electron chi connectivity index (χ3n) is 2.79. The van der Waals surface area contributed by atoms with Crippen LogP contribution in [-0.4, -0.2) is 18.1 Å². The third-order valence-corrected chi connectivity index (χ3v) is 2.79. The van der Waals surface area contributed by atoms with Gasteiger partial charge in [-0.3, -0.25) is 0 Å². The van der Waals surface area contributed by atoms with Crippen LogP contribution in [0.15, 0.2) is 18.3 Å². The lowest BCUT2D eigenvalue weighted by Gasteiger charge is -2.36. The Morgan fingerprint density at radius 2 is 2.31 bits per heavy atom. The molecular weight excluding hydrogens is 162 g/mol. The van der Waals surface area contributed by atoms with E-state index in [9.17, 15) is 0 Å². The molecule has 70 valence electrons. The quantitative estimate of drug-likeness (QED) is 0.747. The first-order valence-corrected chi connectivity index (χ1v) is 4.72. The molecular formula is C10H15N3. The van der Waals surface area contributed by atoms with E-state index in [1.54, 1.807) is 6.20 Å². The standard InChI is InChI=1S/C10H15N3/c1-13(8-3-2-4-8)9-5-6-12-10(11)7-9/h5-8H,2-4H2,1H3,(H2,11,12). The van der Waals surface area contributed by atoms with Crippen LogP contribution in [0, 0.1) is 0 Å². The molecule has 0 unspecified atom stereocenters. The first kappa shape index (κ1) is 8.35. The van der Waals surface area contributed by atoms with E-state index in [2.05, 4.69) is 16.9 Å². The smallest absolute Gasteiger partial charge is 0.125 e. The Morgan fingerprint density at radius 1 is 1.54 bits per heavy atom. The molecule has 0 aliphatic heterocycles. The van der Waals surface area contributed by atoms with Crippen LogP contribution in [0.5, 0.6) is 0 Å². The third kappa shape index (κ3) is 1.59. The topological polar surface area (TPSA) is 42.2 Å². The monoisotopic (exact) mass is 177 g/mol. The number of nitrogen functional groups attached to an aromatic ring is 1. The molecule has 1 fully saturated rings. The predicted molar refractivity (Wildman–Crippen MR) is 54.7 cm³/mol. The molecule has 1 aliphatic carbocycles. The second-order valence-corrected chi connectivity index (χ2v) is 3.63. The molecule has 0 aromatic carbocycles. The molecule has 2 rings (SSSR count). The maximum Gasteiger partial charge on any atom is 0.125 e. The number of nitrogens with two attached hydrogens (primary N) is 1. The largest absolute Gasteiger partial charge is 0.384 e. The number of nitrogens with zero attached hydrogens (tertiary/aromatic N) is 2. The fraction of sp³-hybridized carbons (Fsp3) is 0.500. The number of hydrogen-bond acceptors (Lipinski definition) is 3. The minimum Gasteiger partial charge on any atom is -0.384 e. The molecule has 0 bridgehead atoms. The summed E-state index contributed by atoms with van der Waals surface area (Å²) in [5, 5.41) is 0. The van der Waals surface area contributed by atoms with Gasteiger partial charge in [0.25, 0.3) is 0 Å². The molecule has 1 aromatic rings.